The van der Waals surface area contributed by atoms with Crippen LogP contribution >= 0.6 is 0 Å². The fourth-order valence-electron chi connectivity index (χ4n) is 0.959. The Bertz CT molecular complexity index is 170. The molecule has 0 aromatic carbocycles. The zero-order valence-corrected chi connectivity index (χ0v) is 8.68. The fourth-order valence-corrected chi connectivity index (χ4v) is 0.959. The van der Waals surface area contributed by atoms with E-state index in [1.165, 1.54) is 0 Å². The predicted octanol–water partition coefficient (Wildman–Crippen LogP) is 3.27. The van der Waals surface area contributed by atoms with Gasteiger partial charge in [0.2, 0.25) is 0 Å². The van der Waals surface area contributed by atoms with Crippen LogP contribution in [0.15, 0.2) is 37.6 Å². The zero-order chi connectivity index (χ0) is 10.1. The van der Waals surface area contributed by atoms with Crippen molar-refractivity contribution in [3.8, 4) is 0 Å². The van der Waals surface area contributed by atoms with Crippen molar-refractivity contribution in [2.24, 2.45) is 5.92 Å². The Morgan fingerprint density at radius 1 is 1.46 bits per heavy atom. The van der Waals surface area contributed by atoms with E-state index in [0.717, 1.165) is 31.5 Å². The van der Waals surface area contributed by atoms with Crippen LogP contribution in [-0.2, 0) is 0 Å². The first-order valence-corrected chi connectivity index (χ1v) is 4.85. The molecule has 74 valence electrons. The van der Waals surface area contributed by atoms with Crippen LogP contribution in [0.4, 0.5) is 0 Å². The van der Waals surface area contributed by atoms with E-state index < -0.39 is 0 Å². The summed E-state index contributed by atoms with van der Waals surface area (Å²) in [5, 5.41) is 3.29. The molecule has 0 heterocycles. The van der Waals surface area contributed by atoms with Gasteiger partial charge in [-0.1, -0.05) is 25.7 Å². The summed E-state index contributed by atoms with van der Waals surface area (Å²) in [4.78, 5) is 0. The molecule has 0 aliphatic heterocycles. The summed E-state index contributed by atoms with van der Waals surface area (Å²) < 4.78 is 0. The molecule has 13 heavy (non-hydrogen) atoms. The van der Waals surface area contributed by atoms with Gasteiger partial charge in [-0.3, -0.25) is 0 Å². The normalized spacial score (nSPS) is 11.8. The van der Waals surface area contributed by atoms with Gasteiger partial charge in [0.15, 0.2) is 0 Å². The topological polar surface area (TPSA) is 12.0 Å². The van der Waals surface area contributed by atoms with Crippen LogP contribution in [0, 0.1) is 5.92 Å². The Labute approximate surface area is 82.2 Å². The summed E-state index contributed by atoms with van der Waals surface area (Å²) in [6, 6.07) is 0. The molecular weight excluding hydrogens is 158 g/mol. The standard InChI is InChI=1S/C12H21N/c1-5-7-8-12(4)13-10-9-11(3)6-2/h5-6,11,13H,1-2,4,7-10H2,3H3. The molecule has 1 atom stereocenters. The van der Waals surface area contributed by atoms with Crippen molar-refractivity contribution < 1.29 is 0 Å². The van der Waals surface area contributed by atoms with Crippen LogP contribution in [0.2, 0.25) is 0 Å². The van der Waals surface area contributed by atoms with Gasteiger partial charge < -0.3 is 5.32 Å². The summed E-state index contributed by atoms with van der Waals surface area (Å²) in [7, 11) is 0. The third-order valence-corrected chi connectivity index (χ3v) is 2.03. The molecule has 0 aromatic heterocycles. The van der Waals surface area contributed by atoms with E-state index >= 15 is 0 Å². The maximum atomic E-state index is 3.93. The summed E-state index contributed by atoms with van der Waals surface area (Å²) >= 11 is 0. The monoisotopic (exact) mass is 179 g/mol. The third kappa shape index (κ3) is 7.38. The average Bonchev–Trinajstić information content (AvgIpc) is 2.14. The number of nitrogens with one attached hydrogen (secondary N) is 1. The van der Waals surface area contributed by atoms with E-state index in [-0.39, 0.29) is 0 Å². The van der Waals surface area contributed by atoms with Gasteiger partial charge in [0.25, 0.3) is 0 Å². The zero-order valence-electron chi connectivity index (χ0n) is 8.68. The van der Waals surface area contributed by atoms with Gasteiger partial charge in [-0.25, -0.2) is 0 Å². The van der Waals surface area contributed by atoms with E-state index in [4.69, 9.17) is 0 Å². The number of allylic oxidation sites excluding steroid dienone is 3. The Kier molecular flexibility index (Phi) is 7.08. The second-order valence-corrected chi connectivity index (χ2v) is 3.36. The molecular formula is C12H21N. The minimum Gasteiger partial charge on any atom is -0.389 e. The maximum Gasteiger partial charge on any atom is 0.0149 e. The second-order valence-electron chi connectivity index (χ2n) is 3.36. The number of rotatable bonds is 8. The Balaban J connectivity index is 3.36. The molecule has 0 saturated heterocycles. The molecule has 0 bridgehead atoms. The smallest absolute Gasteiger partial charge is 0.0149 e. The lowest BCUT2D eigenvalue weighted by Crippen LogP contribution is -2.15. The number of hydrogen-bond acceptors (Lipinski definition) is 1. The lowest BCUT2D eigenvalue weighted by Gasteiger charge is -2.10. The first kappa shape index (κ1) is 12.0. The highest BCUT2D eigenvalue weighted by Gasteiger charge is 1.96. The van der Waals surface area contributed by atoms with Gasteiger partial charge in [-0.05, 0) is 25.2 Å². The highest BCUT2D eigenvalue weighted by Crippen LogP contribution is 2.03. The lowest BCUT2D eigenvalue weighted by atomic mass is 10.1. The SMILES string of the molecule is C=CCCC(=C)NCCC(C)C=C. The van der Waals surface area contributed by atoms with Crippen molar-refractivity contribution in [3.05, 3.63) is 37.6 Å². The molecule has 1 N–H and O–H groups in total. The van der Waals surface area contributed by atoms with E-state index in [1.807, 2.05) is 12.2 Å². The van der Waals surface area contributed by atoms with Crippen molar-refractivity contribution in [2.45, 2.75) is 26.2 Å². The molecule has 0 aliphatic carbocycles. The second kappa shape index (κ2) is 7.66. The van der Waals surface area contributed by atoms with Crippen LogP contribution in [0.3, 0.4) is 0 Å². The van der Waals surface area contributed by atoms with Crippen molar-refractivity contribution in [3.63, 3.8) is 0 Å². The van der Waals surface area contributed by atoms with Gasteiger partial charge in [0.05, 0.1) is 0 Å². The van der Waals surface area contributed by atoms with Gasteiger partial charge in [0, 0.05) is 12.2 Å². The van der Waals surface area contributed by atoms with Crippen LogP contribution in [0.1, 0.15) is 26.2 Å². The first-order valence-electron chi connectivity index (χ1n) is 4.85. The molecule has 1 nitrogen and oxygen atoms in total. The number of hydrogen-bond donors (Lipinski definition) is 1. The largest absolute Gasteiger partial charge is 0.389 e. The molecule has 1 heteroatoms. The molecule has 0 amide bonds. The molecule has 0 radical (unpaired) electrons. The minimum atomic E-state index is 0.583. The summed E-state index contributed by atoms with van der Waals surface area (Å²) in [6.07, 6.45) is 7.01. The summed E-state index contributed by atoms with van der Waals surface area (Å²) in [5.41, 5.74) is 1.11. The first-order chi connectivity index (χ1) is 6.20. The molecule has 0 aromatic rings. The van der Waals surface area contributed by atoms with Gasteiger partial charge in [-0.15, -0.1) is 13.2 Å². The summed E-state index contributed by atoms with van der Waals surface area (Å²) in [6.45, 7) is 14.5. The molecule has 0 aliphatic rings. The lowest BCUT2D eigenvalue weighted by molar-refractivity contribution is 0.604. The molecule has 0 fully saturated rings. The van der Waals surface area contributed by atoms with Crippen LogP contribution in [0.25, 0.3) is 0 Å². The highest BCUT2D eigenvalue weighted by molar-refractivity contribution is 4.93. The summed E-state index contributed by atoms with van der Waals surface area (Å²) in [5.74, 6) is 0.583. The molecule has 0 spiro atoms. The van der Waals surface area contributed by atoms with Crippen molar-refractivity contribution in [2.75, 3.05) is 6.54 Å². The average molecular weight is 179 g/mol. The Hall–Kier alpha value is -0.980. The van der Waals surface area contributed by atoms with Crippen LogP contribution in [0.5, 0.6) is 0 Å². The van der Waals surface area contributed by atoms with Crippen LogP contribution < -0.4 is 5.32 Å². The van der Waals surface area contributed by atoms with Crippen molar-refractivity contribution in [1.82, 2.24) is 5.32 Å². The predicted molar refractivity (Wildman–Crippen MR) is 60.6 cm³/mol. The maximum absolute atomic E-state index is 3.93. The Morgan fingerprint density at radius 3 is 2.69 bits per heavy atom. The molecule has 0 saturated carbocycles. The van der Waals surface area contributed by atoms with Crippen LogP contribution in [-0.4, -0.2) is 6.54 Å². The highest BCUT2D eigenvalue weighted by atomic mass is 14.9. The van der Waals surface area contributed by atoms with E-state index in [2.05, 4.69) is 32.0 Å². The van der Waals surface area contributed by atoms with E-state index in [1.54, 1.807) is 0 Å². The van der Waals surface area contributed by atoms with E-state index in [9.17, 15) is 0 Å². The van der Waals surface area contributed by atoms with Crippen molar-refractivity contribution >= 4 is 0 Å². The quantitative estimate of drug-likeness (QED) is 0.564. The van der Waals surface area contributed by atoms with Gasteiger partial charge in [-0.2, -0.15) is 0 Å². The minimum absolute atomic E-state index is 0.583. The van der Waals surface area contributed by atoms with E-state index in [0.29, 0.717) is 5.92 Å². The van der Waals surface area contributed by atoms with Crippen molar-refractivity contribution in [1.29, 1.82) is 0 Å². The Morgan fingerprint density at radius 2 is 2.15 bits per heavy atom. The molecule has 1 unspecified atom stereocenters. The fraction of sp³-hybridized carbons (Fsp3) is 0.500. The molecule has 0 rings (SSSR count). The third-order valence-electron chi connectivity index (χ3n) is 2.03. The van der Waals surface area contributed by atoms with Gasteiger partial charge >= 0.3 is 0 Å². The van der Waals surface area contributed by atoms with Gasteiger partial charge in [0.1, 0.15) is 0 Å².